The van der Waals surface area contributed by atoms with E-state index in [1.165, 1.54) is 11.1 Å². The molecular weight excluding hydrogens is 444 g/mol. The number of alkyl carbamates (subject to hydrolysis) is 1. The number of benzene rings is 2. The van der Waals surface area contributed by atoms with Crippen molar-refractivity contribution in [3.05, 3.63) is 59.7 Å². The fourth-order valence-electron chi connectivity index (χ4n) is 5.50. The Morgan fingerprint density at radius 3 is 2.17 bits per heavy atom. The van der Waals surface area contributed by atoms with Gasteiger partial charge < -0.3 is 20.5 Å². The first kappa shape index (κ1) is 23.4. The zero-order valence-corrected chi connectivity index (χ0v) is 19.8. The predicted octanol–water partition coefficient (Wildman–Crippen LogP) is 4.46. The Balaban J connectivity index is 1.13. The van der Waals surface area contributed by atoms with Crippen molar-refractivity contribution in [2.45, 2.75) is 56.9 Å². The Morgan fingerprint density at radius 2 is 1.63 bits per heavy atom. The van der Waals surface area contributed by atoms with Gasteiger partial charge in [-0.05, 0) is 52.8 Å². The molecule has 35 heavy (non-hydrogen) atoms. The lowest BCUT2D eigenvalue weighted by molar-refractivity contribution is -0.142. The SMILES string of the molecule is O=C(CC1(CNC(=O)OCC2c3ccccc3-c3ccccc32)CCC1)NC(CC1CC1)C(=O)O. The van der Waals surface area contributed by atoms with E-state index < -0.39 is 18.1 Å². The molecule has 2 aromatic rings. The number of carbonyl (C=O) groups excluding carboxylic acids is 2. The summed E-state index contributed by atoms with van der Waals surface area (Å²) in [4.78, 5) is 36.7. The van der Waals surface area contributed by atoms with E-state index >= 15 is 0 Å². The third kappa shape index (κ3) is 5.19. The van der Waals surface area contributed by atoms with E-state index in [2.05, 4.69) is 34.9 Å². The van der Waals surface area contributed by atoms with Crippen LogP contribution >= 0.6 is 0 Å². The molecule has 2 aromatic carbocycles. The molecule has 5 rings (SSSR count). The molecule has 2 saturated carbocycles. The topological polar surface area (TPSA) is 105 Å². The zero-order chi connectivity index (χ0) is 24.4. The molecule has 3 N–H and O–H groups in total. The number of fused-ring (bicyclic) bond motifs is 3. The minimum absolute atomic E-state index is 0.00369. The summed E-state index contributed by atoms with van der Waals surface area (Å²) in [6.45, 7) is 0.590. The van der Waals surface area contributed by atoms with E-state index in [4.69, 9.17) is 4.74 Å². The number of ether oxygens (including phenoxy) is 1. The molecule has 0 saturated heterocycles. The number of carboxylic acid groups (broad SMARTS) is 1. The Morgan fingerprint density at radius 1 is 1.00 bits per heavy atom. The van der Waals surface area contributed by atoms with Gasteiger partial charge in [-0.25, -0.2) is 9.59 Å². The van der Waals surface area contributed by atoms with Gasteiger partial charge in [-0.2, -0.15) is 0 Å². The number of rotatable bonds is 10. The largest absolute Gasteiger partial charge is 0.480 e. The predicted molar refractivity (Wildman–Crippen MR) is 131 cm³/mol. The van der Waals surface area contributed by atoms with Gasteiger partial charge in [0.05, 0.1) is 0 Å². The summed E-state index contributed by atoms with van der Waals surface area (Å²) in [5.41, 5.74) is 4.34. The van der Waals surface area contributed by atoms with Gasteiger partial charge in [0.2, 0.25) is 5.91 Å². The third-order valence-electron chi connectivity index (χ3n) is 7.80. The molecular formula is C28H32N2O5. The van der Waals surface area contributed by atoms with Crippen LogP contribution in [0.1, 0.15) is 62.0 Å². The molecule has 0 aliphatic heterocycles. The van der Waals surface area contributed by atoms with Crippen LogP contribution in [-0.2, 0) is 14.3 Å². The van der Waals surface area contributed by atoms with Crippen LogP contribution in [0.3, 0.4) is 0 Å². The van der Waals surface area contributed by atoms with Gasteiger partial charge in [-0.1, -0.05) is 67.8 Å². The second-order valence-corrected chi connectivity index (χ2v) is 10.3. The second-order valence-electron chi connectivity index (χ2n) is 10.3. The van der Waals surface area contributed by atoms with Crippen LogP contribution in [0.2, 0.25) is 0 Å². The highest BCUT2D eigenvalue weighted by Crippen LogP contribution is 2.45. The number of hydrogen-bond acceptors (Lipinski definition) is 4. The van der Waals surface area contributed by atoms with Gasteiger partial charge in [-0.3, -0.25) is 4.79 Å². The molecule has 0 spiro atoms. The van der Waals surface area contributed by atoms with Gasteiger partial charge >= 0.3 is 12.1 Å². The fourth-order valence-corrected chi connectivity index (χ4v) is 5.50. The number of amides is 2. The average molecular weight is 477 g/mol. The van der Waals surface area contributed by atoms with Crippen LogP contribution in [0.5, 0.6) is 0 Å². The Hall–Kier alpha value is -3.35. The lowest BCUT2D eigenvalue weighted by Gasteiger charge is -2.41. The highest BCUT2D eigenvalue weighted by Gasteiger charge is 2.40. The molecule has 0 radical (unpaired) electrons. The van der Waals surface area contributed by atoms with E-state index in [0.717, 1.165) is 43.2 Å². The lowest BCUT2D eigenvalue weighted by atomic mass is 9.66. The Labute approximate surface area is 205 Å². The van der Waals surface area contributed by atoms with Crippen molar-refractivity contribution in [1.29, 1.82) is 0 Å². The molecule has 7 nitrogen and oxygen atoms in total. The maximum atomic E-state index is 12.6. The first-order valence-electron chi connectivity index (χ1n) is 12.6. The van der Waals surface area contributed by atoms with Crippen LogP contribution in [0, 0.1) is 11.3 Å². The van der Waals surface area contributed by atoms with Gasteiger partial charge in [-0.15, -0.1) is 0 Å². The molecule has 2 fully saturated rings. The van der Waals surface area contributed by atoms with Crippen LogP contribution in [-0.4, -0.2) is 42.3 Å². The van der Waals surface area contributed by atoms with Crippen LogP contribution in [0.25, 0.3) is 11.1 Å². The van der Waals surface area contributed by atoms with Crippen LogP contribution in [0.4, 0.5) is 4.79 Å². The Kier molecular flexibility index (Phi) is 6.50. The van der Waals surface area contributed by atoms with Gasteiger partial charge in [0, 0.05) is 18.9 Å². The minimum Gasteiger partial charge on any atom is -0.480 e. The van der Waals surface area contributed by atoms with Crippen molar-refractivity contribution in [3.63, 3.8) is 0 Å². The smallest absolute Gasteiger partial charge is 0.407 e. The fraction of sp³-hybridized carbons (Fsp3) is 0.464. The molecule has 1 atom stereocenters. The first-order valence-corrected chi connectivity index (χ1v) is 12.6. The Bertz CT molecular complexity index is 1080. The summed E-state index contributed by atoms with van der Waals surface area (Å²) in [5, 5.41) is 15.0. The van der Waals surface area contributed by atoms with Crippen molar-refractivity contribution in [1.82, 2.24) is 10.6 Å². The van der Waals surface area contributed by atoms with Gasteiger partial charge in [0.15, 0.2) is 0 Å². The number of carboxylic acids is 1. The quantitative estimate of drug-likeness (QED) is 0.470. The van der Waals surface area contributed by atoms with Crippen LogP contribution < -0.4 is 10.6 Å². The molecule has 0 bridgehead atoms. The highest BCUT2D eigenvalue weighted by atomic mass is 16.5. The van der Waals surface area contributed by atoms with E-state index in [-0.39, 0.29) is 30.3 Å². The number of nitrogens with one attached hydrogen (secondary N) is 2. The number of hydrogen-bond donors (Lipinski definition) is 3. The molecule has 7 heteroatoms. The summed E-state index contributed by atoms with van der Waals surface area (Å²) in [5.74, 6) is -0.836. The maximum Gasteiger partial charge on any atom is 0.407 e. The van der Waals surface area contributed by atoms with Crippen LogP contribution in [0.15, 0.2) is 48.5 Å². The zero-order valence-electron chi connectivity index (χ0n) is 19.8. The standard InChI is InChI=1S/C28H32N2O5/c31-25(30-24(26(32)33)14-18-10-11-18)15-28(12-5-13-28)17-29-27(34)35-16-23-21-8-3-1-6-19(21)20-7-2-4-9-22(20)23/h1-4,6-9,18,23-24H,5,10-17H2,(H,29,34)(H,30,31)(H,32,33). The molecule has 1 unspecified atom stereocenters. The molecule has 0 aromatic heterocycles. The summed E-state index contributed by atoms with van der Waals surface area (Å²) >= 11 is 0. The molecule has 2 amide bonds. The summed E-state index contributed by atoms with van der Waals surface area (Å²) in [7, 11) is 0. The monoisotopic (exact) mass is 476 g/mol. The number of carbonyl (C=O) groups is 3. The van der Waals surface area contributed by atoms with E-state index in [0.29, 0.717) is 18.9 Å². The van der Waals surface area contributed by atoms with Crippen molar-refractivity contribution < 1.29 is 24.2 Å². The summed E-state index contributed by atoms with van der Waals surface area (Å²) < 4.78 is 5.63. The van der Waals surface area contributed by atoms with E-state index in [1.54, 1.807) is 0 Å². The van der Waals surface area contributed by atoms with Crippen molar-refractivity contribution >= 4 is 18.0 Å². The number of aliphatic carboxylic acids is 1. The summed E-state index contributed by atoms with van der Waals surface area (Å²) in [6.07, 6.45) is 4.92. The van der Waals surface area contributed by atoms with Crippen molar-refractivity contribution in [3.8, 4) is 11.1 Å². The van der Waals surface area contributed by atoms with Crippen molar-refractivity contribution in [2.75, 3.05) is 13.2 Å². The van der Waals surface area contributed by atoms with Crippen molar-refractivity contribution in [2.24, 2.45) is 11.3 Å². The average Bonchev–Trinajstić information content (AvgIpc) is 3.59. The van der Waals surface area contributed by atoms with E-state index in [9.17, 15) is 19.5 Å². The first-order chi connectivity index (χ1) is 16.9. The lowest BCUT2D eigenvalue weighted by Crippen LogP contribution is -2.48. The van der Waals surface area contributed by atoms with Gasteiger partial charge in [0.1, 0.15) is 12.6 Å². The maximum absolute atomic E-state index is 12.6. The molecule has 0 heterocycles. The molecule has 184 valence electrons. The summed E-state index contributed by atoms with van der Waals surface area (Å²) in [6, 6.07) is 15.6. The van der Waals surface area contributed by atoms with E-state index in [1.807, 2.05) is 24.3 Å². The molecule has 3 aliphatic carbocycles. The normalized spacial score (nSPS) is 18.5. The highest BCUT2D eigenvalue weighted by molar-refractivity contribution is 5.84. The van der Waals surface area contributed by atoms with Gasteiger partial charge in [0.25, 0.3) is 0 Å². The third-order valence-corrected chi connectivity index (χ3v) is 7.80. The minimum atomic E-state index is -0.982. The second kappa shape index (κ2) is 9.72. The molecule has 3 aliphatic rings.